The maximum Gasteiger partial charge on any atom is 0.254 e. The lowest BCUT2D eigenvalue weighted by Crippen LogP contribution is -2.36. The molecule has 0 saturated heterocycles. The van der Waals surface area contributed by atoms with Gasteiger partial charge in [0.15, 0.2) is 0 Å². The first-order valence-electron chi connectivity index (χ1n) is 6.18. The van der Waals surface area contributed by atoms with Crippen molar-refractivity contribution in [2.24, 2.45) is 5.92 Å². The fourth-order valence-electron chi connectivity index (χ4n) is 1.77. The molecule has 0 spiro atoms. The third-order valence-corrected chi connectivity index (χ3v) is 2.57. The Morgan fingerprint density at radius 1 is 1.42 bits per heavy atom. The zero-order chi connectivity index (χ0) is 13.5. The van der Waals surface area contributed by atoms with E-state index in [1.54, 1.807) is 31.4 Å². The second-order valence-corrected chi connectivity index (χ2v) is 4.76. The highest BCUT2D eigenvalue weighted by Crippen LogP contribution is 2.11. The van der Waals surface area contributed by atoms with Crippen molar-refractivity contribution in [2.75, 3.05) is 32.5 Å². The molecule has 0 aliphatic heterocycles. The average Bonchev–Trinajstić information content (AvgIpc) is 2.33. The van der Waals surface area contributed by atoms with E-state index in [-0.39, 0.29) is 18.3 Å². The number of anilines is 1. The van der Waals surface area contributed by atoms with Crippen LogP contribution in [0, 0.1) is 5.92 Å². The van der Waals surface area contributed by atoms with E-state index in [0.717, 1.165) is 6.54 Å². The largest absolute Gasteiger partial charge is 0.399 e. The minimum atomic E-state index is 0. The summed E-state index contributed by atoms with van der Waals surface area (Å²) >= 11 is 0. The van der Waals surface area contributed by atoms with Crippen LogP contribution in [0.5, 0.6) is 0 Å². The van der Waals surface area contributed by atoms with Crippen LogP contribution >= 0.6 is 12.4 Å². The molecule has 0 bridgehead atoms. The topological polar surface area (TPSA) is 55.6 Å². The number of rotatable bonds is 6. The highest BCUT2D eigenvalue weighted by Gasteiger charge is 2.16. The number of hydrogen-bond acceptors (Lipinski definition) is 3. The number of amides is 1. The molecule has 0 unspecified atom stereocenters. The first-order chi connectivity index (χ1) is 8.54. The first-order valence-corrected chi connectivity index (χ1v) is 6.18. The maximum absolute atomic E-state index is 12.4. The Morgan fingerprint density at radius 3 is 2.63 bits per heavy atom. The lowest BCUT2D eigenvalue weighted by atomic mass is 10.1. The molecule has 4 nitrogen and oxygen atoms in total. The van der Waals surface area contributed by atoms with Crippen molar-refractivity contribution in [1.29, 1.82) is 0 Å². The Hall–Kier alpha value is -1.26. The standard InChI is InChI=1S/C14H22N2O2.ClH/c1-11(2)10-16(7-8-18-3)14(17)12-5-4-6-13(15)9-12;/h4-6,9,11H,7-8,10,15H2,1-3H3;1H. The molecule has 2 N–H and O–H groups in total. The lowest BCUT2D eigenvalue weighted by Gasteiger charge is -2.24. The predicted octanol–water partition coefficient (Wildman–Crippen LogP) is 2.44. The van der Waals surface area contributed by atoms with E-state index in [0.29, 0.717) is 30.3 Å². The van der Waals surface area contributed by atoms with Crippen LogP contribution in [0.15, 0.2) is 24.3 Å². The van der Waals surface area contributed by atoms with Crippen LogP contribution in [0.1, 0.15) is 24.2 Å². The van der Waals surface area contributed by atoms with Gasteiger partial charge in [-0.05, 0) is 24.1 Å². The molecule has 1 amide bonds. The minimum absolute atomic E-state index is 0. The quantitative estimate of drug-likeness (QED) is 0.817. The summed E-state index contributed by atoms with van der Waals surface area (Å²) in [4.78, 5) is 14.2. The van der Waals surface area contributed by atoms with Crippen molar-refractivity contribution in [2.45, 2.75) is 13.8 Å². The maximum atomic E-state index is 12.4. The molecule has 0 radical (unpaired) electrons. The molecule has 19 heavy (non-hydrogen) atoms. The van der Waals surface area contributed by atoms with Gasteiger partial charge in [0.2, 0.25) is 0 Å². The van der Waals surface area contributed by atoms with Gasteiger partial charge in [0, 0.05) is 31.5 Å². The molecule has 0 saturated carbocycles. The summed E-state index contributed by atoms with van der Waals surface area (Å²) in [6.07, 6.45) is 0. The zero-order valence-electron chi connectivity index (χ0n) is 11.8. The number of nitrogens with zero attached hydrogens (tertiary/aromatic N) is 1. The smallest absolute Gasteiger partial charge is 0.254 e. The van der Waals surface area contributed by atoms with Crippen molar-refractivity contribution in [1.82, 2.24) is 4.90 Å². The molecule has 0 atom stereocenters. The summed E-state index contributed by atoms with van der Waals surface area (Å²) in [5.41, 5.74) is 6.94. The summed E-state index contributed by atoms with van der Waals surface area (Å²) < 4.78 is 5.05. The molecule has 0 aromatic heterocycles. The number of nitrogen functional groups attached to an aromatic ring is 1. The van der Waals surface area contributed by atoms with Crippen molar-refractivity contribution in [3.05, 3.63) is 29.8 Å². The minimum Gasteiger partial charge on any atom is -0.399 e. The van der Waals surface area contributed by atoms with E-state index in [2.05, 4.69) is 13.8 Å². The molecule has 0 fully saturated rings. The Kier molecular flexibility index (Phi) is 8.19. The van der Waals surface area contributed by atoms with Gasteiger partial charge in [-0.25, -0.2) is 0 Å². The van der Waals surface area contributed by atoms with E-state index < -0.39 is 0 Å². The third kappa shape index (κ3) is 5.94. The third-order valence-electron chi connectivity index (χ3n) is 2.57. The number of carbonyl (C=O) groups excluding carboxylic acids is 1. The number of benzene rings is 1. The van der Waals surface area contributed by atoms with Crippen LogP contribution in [0.2, 0.25) is 0 Å². The second-order valence-electron chi connectivity index (χ2n) is 4.76. The molecule has 0 aliphatic rings. The summed E-state index contributed by atoms with van der Waals surface area (Å²) in [5, 5.41) is 0. The Bertz CT molecular complexity index is 397. The fourth-order valence-corrected chi connectivity index (χ4v) is 1.77. The number of nitrogens with two attached hydrogens (primary N) is 1. The summed E-state index contributed by atoms with van der Waals surface area (Å²) in [5.74, 6) is 0.430. The number of halogens is 1. The number of ether oxygens (including phenoxy) is 1. The van der Waals surface area contributed by atoms with E-state index in [4.69, 9.17) is 10.5 Å². The Balaban J connectivity index is 0.00000324. The number of carbonyl (C=O) groups is 1. The van der Waals surface area contributed by atoms with Crippen LogP contribution in [0.25, 0.3) is 0 Å². The van der Waals surface area contributed by atoms with Crippen molar-refractivity contribution >= 4 is 24.0 Å². The number of methoxy groups -OCH3 is 1. The van der Waals surface area contributed by atoms with Gasteiger partial charge in [-0.3, -0.25) is 4.79 Å². The van der Waals surface area contributed by atoms with Crippen LogP contribution in [0.3, 0.4) is 0 Å². The average molecular weight is 287 g/mol. The van der Waals surface area contributed by atoms with Gasteiger partial charge in [0.25, 0.3) is 5.91 Å². The zero-order valence-corrected chi connectivity index (χ0v) is 12.6. The van der Waals surface area contributed by atoms with E-state index in [1.807, 2.05) is 4.90 Å². The van der Waals surface area contributed by atoms with Gasteiger partial charge in [0.05, 0.1) is 6.61 Å². The molecule has 108 valence electrons. The monoisotopic (exact) mass is 286 g/mol. The summed E-state index contributed by atoms with van der Waals surface area (Å²) in [7, 11) is 1.64. The lowest BCUT2D eigenvalue weighted by molar-refractivity contribution is 0.0672. The Morgan fingerprint density at radius 2 is 2.11 bits per heavy atom. The van der Waals surface area contributed by atoms with E-state index in [1.165, 1.54) is 0 Å². The molecule has 1 aromatic carbocycles. The molecular weight excluding hydrogens is 264 g/mol. The summed E-state index contributed by atoms with van der Waals surface area (Å²) in [6.45, 7) is 6.04. The van der Waals surface area contributed by atoms with Gasteiger partial charge in [-0.15, -0.1) is 12.4 Å². The van der Waals surface area contributed by atoms with Crippen LogP contribution in [0.4, 0.5) is 5.69 Å². The van der Waals surface area contributed by atoms with Gasteiger partial charge in [-0.2, -0.15) is 0 Å². The normalized spacial score (nSPS) is 10.1. The van der Waals surface area contributed by atoms with Gasteiger partial charge in [-0.1, -0.05) is 19.9 Å². The van der Waals surface area contributed by atoms with Crippen LogP contribution in [-0.2, 0) is 4.74 Å². The number of hydrogen-bond donors (Lipinski definition) is 1. The second kappa shape index (κ2) is 8.77. The van der Waals surface area contributed by atoms with Crippen LogP contribution in [-0.4, -0.2) is 37.6 Å². The molecule has 1 aromatic rings. The Labute approximate surface area is 121 Å². The highest BCUT2D eigenvalue weighted by molar-refractivity contribution is 5.95. The van der Waals surface area contributed by atoms with E-state index in [9.17, 15) is 4.79 Å². The van der Waals surface area contributed by atoms with Crippen molar-refractivity contribution in [3.63, 3.8) is 0 Å². The first kappa shape index (κ1) is 17.7. The highest BCUT2D eigenvalue weighted by atomic mass is 35.5. The molecule has 5 heteroatoms. The van der Waals surface area contributed by atoms with Gasteiger partial charge < -0.3 is 15.4 Å². The fraction of sp³-hybridized carbons (Fsp3) is 0.500. The molecule has 1 rings (SSSR count). The predicted molar refractivity (Wildman–Crippen MR) is 80.7 cm³/mol. The molecular formula is C14H23ClN2O2. The SMILES string of the molecule is COCCN(CC(C)C)C(=O)c1cccc(N)c1.Cl. The van der Waals surface area contributed by atoms with Crippen molar-refractivity contribution < 1.29 is 9.53 Å². The molecule has 0 heterocycles. The van der Waals surface area contributed by atoms with Gasteiger partial charge >= 0.3 is 0 Å². The van der Waals surface area contributed by atoms with Gasteiger partial charge in [0.1, 0.15) is 0 Å². The van der Waals surface area contributed by atoms with Crippen LogP contribution < -0.4 is 5.73 Å². The van der Waals surface area contributed by atoms with E-state index >= 15 is 0 Å². The molecule has 0 aliphatic carbocycles. The van der Waals surface area contributed by atoms with Crippen molar-refractivity contribution in [3.8, 4) is 0 Å². The summed E-state index contributed by atoms with van der Waals surface area (Å²) in [6, 6.07) is 7.08.